The molecule has 0 radical (unpaired) electrons. The maximum atomic E-state index is 12.5. The van der Waals surface area contributed by atoms with Crippen LogP contribution in [0.25, 0.3) is 0 Å². The minimum atomic E-state index is -1.08. The number of benzene rings is 1. The fourth-order valence-electron chi connectivity index (χ4n) is 2.34. The van der Waals surface area contributed by atoms with E-state index in [1.807, 2.05) is 18.4 Å². The van der Waals surface area contributed by atoms with Gasteiger partial charge >= 0.3 is 6.09 Å². The van der Waals surface area contributed by atoms with Gasteiger partial charge in [-0.2, -0.15) is 0 Å². The van der Waals surface area contributed by atoms with Gasteiger partial charge in [0.25, 0.3) is 0 Å². The van der Waals surface area contributed by atoms with Gasteiger partial charge in [0, 0.05) is 4.90 Å². The summed E-state index contributed by atoms with van der Waals surface area (Å²) in [6, 6.07) is 5.49. The van der Waals surface area contributed by atoms with Gasteiger partial charge in [-0.3, -0.25) is 4.79 Å². The first-order valence-electron chi connectivity index (χ1n) is 8.84. The van der Waals surface area contributed by atoms with Crippen LogP contribution in [0.1, 0.15) is 45.8 Å². The zero-order valence-electron chi connectivity index (χ0n) is 16.5. The zero-order chi connectivity index (χ0) is 20.6. The summed E-state index contributed by atoms with van der Waals surface area (Å²) in [5, 5.41) is 25.2. The lowest BCUT2D eigenvalue weighted by Gasteiger charge is -2.26. The number of alkyl carbamates (subject to hydrolysis) is 1. The summed E-state index contributed by atoms with van der Waals surface area (Å²) >= 11 is 1.58. The summed E-state index contributed by atoms with van der Waals surface area (Å²) in [4.78, 5) is 25.4. The highest BCUT2D eigenvalue weighted by atomic mass is 32.2. The number of thioether (sulfide) groups is 1. The van der Waals surface area contributed by atoms with Crippen molar-refractivity contribution in [3.8, 4) is 0 Å². The first-order valence-corrected chi connectivity index (χ1v) is 10.1. The number of carbonyl (C=O) groups excluding carboxylic acids is 2. The van der Waals surface area contributed by atoms with Crippen LogP contribution in [0.15, 0.2) is 29.2 Å². The van der Waals surface area contributed by atoms with Gasteiger partial charge in [0.15, 0.2) is 0 Å². The summed E-state index contributed by atoms with van der Waals surface area (Å²) in [6.45, 7) is 6.49. The molecule has 1 aromatic rings. The minimum Gasteiger partial charge on any atom is -0.444 e. The third-order valence-electron chi connectivity index (χ3n) is 3.78. The largest absolute Gasteiger partial charge is 0.444 e. The Balaban J connectivity index is 2.75. The lowest BCUT2D eigenvalue weighted by atomic mass is 10.0. The normalized spacial score (nSPS) is 14.8. The number of rotatable bonds is 8. The summed E-state index contributed by atoms with van der Waals surface area (Å²) in [5.74, 6) is -0.498. The van der Waals surface area contributed by atoms with Gasteiger partial charge in [0.1, 0.15) is 17.7 Å². The third kappa shape index (κ3) is 7.78. The topological polar surface area (TPSA) is 108 Å². The van der Waals surface area contributed by atoms with Crippen molar-refractivity contribution < 1.29 is 24.5 Å². The molecule has 0 aromatic heterocycles. The fourth-order valence-corrected chi connectivity index (χ4v) is 2.75. The van der Waals surface area contributed by atoms with Gasteiger partial charge in [-0.05, 0) is 51.1 Å². The molecule has 1 rings (SSSR count). The number of aliphatic hydroxyl groups is 2. The second kappa shape index (κ2) is 10.5. The van der Waals surface area contributed by atoms with Crippen molar-refractivity contribution in [1.82, 2.24) is 10.6 Å². The van der Waals surface area contributed by atoms with Crippen molar-refractivity contribution in [1.29, 1.82) is 0 Å². The number of carbonyl (C=O) groups is 2. The van der Waals surface area contributed by atoms with Crippen molar-refractivity contribution in [3.63, 3.8) is 0 Å². The zero-order valence-corrected chi connectivity index (χ0v) is 17.3. The van der Waals surface area contributed by atoms with Crippen LogP contribution in [0.2, 0.25) is 0 Å². The standard InChI is InChI=1S/C19H30N2O5S/c1-6-14(21-18(25)26-19(2,3)4)17(24)20-15(11-22)16(23)12-7-9-13(27-5)10-8-12/h7-10,14-16,22-23H,6,11H2,1-5H3,(H,20,24)(H,21,25)/t14?,15?,16-/m0/s1. The van der Waals surface area contributed by atoms with Crippen LogP contribution >= 0.6 is 11.8 Å². The van der Waals surface area contributed by atoms with Gasteiger partial charge < -0.3 is 25.6 Å². The molecule has 0 spiro atoms. The molecule has 8 heteroatoms. The molecule has 0 aliphatic heterocycles. The lowest BCUT2D eigenvalue weighted by Crippen LogP contribution is -2.52. The highest BCUT2D eigenvalue weighted by Crippen LogP contribution is 2.21. The molecule has 0 bridgehead atoms. The lowest BCUT2D eigenvalue weighted by molar-refractivity contribution is -0.125. The summed E-state index contributed by atoms with van der Waals surface area (Å²) in [7, 11) is 0. The molecule has 152 valence electrons. The van der Waals surface area contributed by atoms with Crippen molar-refractivity contribution in [2.24, 2.45) is 0 Å². The predicted octanol–water partition coefficient (Wildman–Crippen LogP) is 2.22. The van der Waals surface area contributed by atoms with Gasteiger partial charge in [0.2, 0.25) is 5.91 Å². The summed E-state index contributed by atoms with van der Waals surface area (Å²) in [6.07, 6.45) is 0.513. The highest BCUT2D eigenvalue weighted by Gasteiger charge is 2.27. The smallest absolute Gasteiger partial charge is 0.408 e. The molecule has 0 saturated carbocycles. The van der Waals surface area contributed by atoms with Crippen molar-refractivity contribution in [3.05, 3.63) is 29.8 Å². The molecular weight excluding hydrogens is 368 g/mol. The molecule has 4 N–H and O–H groups in total. The maximum Gasteiger partial charge on any atom is 0.408 e. The van der Waals surface area contributed by atoms with E-state index in [2.05, 4.69) is 10.6 Å². The van der Waals surface area contributed by atoms with Crippen molar-refractivity contribution >= 4 is 23.8 Å². The van der Waals surface area contributed by atoms with Crippen LogP contribution in [-0.2, 0) is 9.53 Å². The number of hydrogen-bond donors (Lipinski definition) is 4. The van der Waals surface area contributed by atoms with E-state index < -0.39 is 42.4 Å². The quantitative estimate of drug-likeness (QED) is 0.500. The van der Waals surface area contributed by atoms with E-state index in [9.17, 15) is 19.8 Å². The van der Waals surface area contributed by atoms with Gasteiger partial charge in [0.05, 0.1) is 12.6 Å². The predicted molar refractivity (Wildman–Crippen MR) is 106 cm³/mol. The summed E-state index contributed by atoms with van der Waals surface area (Å²) < 4.78 is 5.16. The molecule has 3 atom stereocenters. The van der Waals surface area contributed by atoms with Crippen LogP contribution in [0, 0.1) is 0 Å². The molecular formula is C19H30N2O5S. The first-order chi connectivity index (χ1) is 12.6. The second-order valence-corrected chi connectivity index (χ2v) is 8.00. The van der Waals surface area contributed by atoms with E-state index in [-0.39, 0.29) is 0 Å². The number of hydrogen-bond acceptors (Lipinski definition) is 6. The Morgan fingerprint density at radius 1 is 1.19 bits per heavy atom. The van der Waals surface area contributed by atoms with E-state index in [1.54, 1.807) is 51.6 Å². The fraction of sp³-hybridized carbons (Fsp3) is 0.579. The molecule has 27 heavy (non-hydrogen) atoms. The van der Waals surface area contributed by atoms with Gasteiger partial charge in [-0.15, -0.1) is 11.8 Å². The molecule has 1 aromatic carbocycles. The Morgan fingerprint density at radius 2 is 1.78 bits per heavy atom. The Hall–Kier alpha value is -1.77. The van der Waals surface area contributed by atoms with Crippen molar-refractivity contribution in [2.75, 3.05) is 12.9 Å². The number of nitrogens with one attached hydrogen (secondary N) is 2. The minimum absolute atomic E-state index is 0.335. The monoisotopic (exact) mass is 398 g/mol. The summed E-state index contributed by atoms with van der Waals surface area (Å²) in [5.41, 5.74) is -0.0914. The van der Waals surface area contributed by atoms with Crippen molar-refractivity contribution in [2.45, 2.75) is 62.8 Å². The maximum absolute atomic E-state index is 12.5. The first kappa shape index (κ1) is 23.3. The molecule has 2 amide bonds. The average Bonchev–Trinajstić information content (AvgIpc) is 2.62. The Morgan fingerprint density at radius 3 is 2.22 bits per heavy atom. The molecule has 0 aliphatic carbocycles. The molecule has 0 saturated heterocycles. The number of aliphatic hydroxyl groups excluding tert-OH is 2. The molecule has 2 unspecified atom stereocenters. The Kier molecular flexibility index (Phi) is 9.08. The van der Waals surface area contributed by atoms with E-state index in [4.69, 9.17) is 4.74 Å². The van der Waals surface area contributed by atoms with Crippen LogP contribution in [0.5, 0.6) is 0 Å². The van der Waals surface area contributed by atoms with E-state index in [0.717, 1.165) is 4.90 Å². The SMILES string of the molecule is CCC(NC(=O)OC(C)(C)C)C(=O)NC(CO)[C@@H](O)c1ccc(SC)cc1. The van der Waals surface area contributed by atoms with E-state index in [0.29, 0.717) is 12.0 Å². The van der Waals surface area contributed by atoms with Crippen LogP contribution in [0.3, 0.4) is 0 Å². The second-order valence-electron chi connectivity index (χ2n) is 7.12. The molecule has 0 heterocycles. The van der Waals surface area contributed by atoms with E-state index >= 15 is 0 Å². The Bertz CT molecular complexity index is 616. The molecule has 0 aliphatic rings. The number of amides is 2. The third-order valence-corrected chi connectivity index (χ3v) is 4.52. The van der Waals surface area contributed by atoms with Gasteiger partial charge in [-0.25, -0.2) is 4.79 Å². The number of ether oxygens (including phenoxy) is 1. The highest BCUT2D eigenvalue weighted by molar-refractivity contribution is 7.98. The van der Waals surface area contributed by atoms with Crippen LogP contribution in [0.4, 0.5) is 4.79 Å². The molecule has 0 fully saturated rings. The van der Waals surface area contributed by atoms with Crippen LogP contribution in [-0.4, -0.2) is 52.8 Å². The van der Waals surface area contributed by atoms with E-state index in [1.165, 1.54) is 0 Å². The Labute approximate surface area is 164 Å². The van der Waals surface area contributed by atoms with Gasteiger partial charge in [-0.1, -0.05) is 19.1 Å². The van der Waals surface area contributed by atoms with Crippen LogP contribution < -0.4 is 10.6 Å². The molecule has 7 nitrogen and oxygen atoms in total. The average molecular weight is 399 g/mol.